The zero-order valence-corrected chi connectivity index (χ0v) is 17.5. The van der Waals surface area contributed by atoms with E-state index in [1.807, 2.05) is 36.5 Å². The summed E-state index contributed by atoms with van der Waals surface area (Å²) in [5, 5.41) is 22.5. The van der Waals surface area contributed by atoms with Crippen LogP contribution in [-0.4, -0.2) is 49.2 Å². The maximum atomic E-state index is 15.1. The molecule has 1 fully saturated rings. The summed E-state index contributed by atoms with van der Waals surface area (Å²) in [5.41, 5.74) is 2.47. The van der Waals surface area contributed by atoms with E-state index in [1.165, 1.54) is 0 Å². The van der Waals surface area contributed by atoms with Crippen LogP contribution in [0.5, 0.6) is 0 Å². The number of rotatable bonds is 4. The third kappa shape index (κ3) is 3.59. The minimum absolute atomic E-state index is 0.0623. The molecular weight excluding hydrogens is 413 g/mol. The van der Waals surface area contributed by atoms with Gasteiger partial charge in [0.1, 0.15) is 11.6 Å². The summed E-state index contributed by atoms with van der Waals surface area (Å²) in [6, 6.07) is 10.7. The van der Waals surface area contributed by atoms with E-state index in [0.717, 1.165) is 15.9 Å². The van der Waals surface area contributed by atoms with Crippen molar-refractivity contribution >= 4 is 10.9 Å². The Morgan fingerprint density at radius 3 is 2.81 bits per heavy atom. The highest BCUT2D eigenvalue weighted by molar-refractivity contribution is 5.79. The van der Waals surface area contributed by atoms with Crippen LogP contribution in [0.25, 0.3) is 16.6 Å². The molecule has 0 amide bonds. The van der Waals surface area contributed by atoms with Crippen molar-refractivity contribution in [1.82, 2.24) is 24.8 Å². The molecule has 3 heterocycles. The number of fused-ring (bicyclic) bond motifs is 1. The molecule has 0 bridgehead atoms. The van der Waals surface area contributed by atoms with Gasteiger partial charge in [-0.25, -0.2) is 13.8 Å². The number of benzene rings is 2. The maximum Gasteiger partial charge on any atom is 0.278 e. The molecule has 5 rings (SSSR count). The van der Waals surface area contributed by atoms with Crippen LogP contribution in [0.3, 0.4) is 0 Å². The molecule has 1 aliphatic rings. The number of aliphatic hydroxyl groups is 1. The number of aromatic nitrogens is 5. The summed E-state index contributed by atoms with van der Waals surface area (Å²) in [6.07, 6.45) is 3.66. The number of halogens is 1. The fraction of sp³-hybridized carbons (Fsp3) is 0.304. The van der Waals surface area contributed by atoms with Gasteiger partial charge in [-0.3, -0.25) is 4.79 Å². The van der Waals surface area contributed by atoms with Crippen LogP contribution in [0.15, 0.2) is 53.6 Å². The highest BCUT2D eigenvalue weighted by Gasteiger charge is 2.28. The lowest BCUT2D eigenvalue weighted by Crippen LogP contribution is -2.41. The zero-order valence-electron chi connectivity index (χ0n) is 17.5. The van der Waals surface area contributed by atoms with Crippen LogP contribution in [0.4, 0.5) is 4.39 Å². The lowest BCUT2D eigenvalue weighted by Gasteiger charge is -2.27. The monoisotopic (exact) mass is 435 g/mol. The SMILES string of the molecule is Cc1c(Cc2ccc(-n3cccn3)cc2)cc2c(=O)n([C@H]3COCC[C@@H]3O)nnc2c1F. The minimum atomic E-state index is -0.767. The van der Waals surface area contributed by atoms with E-state index in [1.54, 1.807) is 23.9 Å². The van der Waals surface area contributed by atoms with Crippen molar-refractivity contribution in [3.63, 3.8) is 0 Å². The fourth-order valence-corrected chi connectivity index (χ4v) is 4.06. The van der Waals surface area contributed by atoms with Gasteiger partial charge in [0.15, 0.2) is 5.82 Å². The van der Waals surface area contributed by atoms with Crippen molar-refractivity contribution in [1.29, 1.82) is 0 Å². The molecule has 0 aliphatic carbocycles. The molecule has 2 atom stereocenters. The Morgan fingerprint density at radius 2 is 2.09 bits per heavy atom. The standard InChI is InChI=1S/C23H22FN5O3/c1-14-16(11-15-3-5-17(6-4-15)28-9-2-8-25-28)12-18-22(21(14)24)26-27-29(23(18)31)19-13-32-10-7-20(19)30/h2-6,8-9,12,19-20,30H,7,10-11,13H2,1H3/t19-,20-/m0/s1. The van der Waals surface area contributed by atoms with Gasteiger partial charge in [-0.1, -0.05) is 17.3 Å². The largest absolute Gasteiger partial charge is 0.391 e. The first kappa shape index (κ1) is 20.5. The van der Waals surface area contributed by atoms with Crippen LogP contribution in [-0.2, 0) is 11.2 Å². The van der Waals surface area contributed by atoms with E-state index >= 15 is 4.39 Å². The topological polar surface area (TPSA) is 95.1 Å². The summed E-state index contributed by atoms with van der Waals surface area (Å²) < 4.78 is 23.4. The highest BCUT2D eigenvalue weighted by atomic mass is 19.1. The molecule has 32 heavy (non-hydrogen) atoms. The van der Waals surface area contributed by atoms with Crippen molar-refractivity contribution in [2.24, 2.45) is 0 Å². The molecule has 1 aliphatic heterocycles. The van der Waals surface area contributed by atoms with Gasteiger partial charge in [-0.05, 0) is 60.7 Å². The number of aliphatic hydroxyl groups excluding tert-OH is 1. The predicted octanol–water partition coefficient (Wildman–Crippen LogP) is 2.34. The van der Waals surface area contributed by atoms with Crippen molar-refractivity contribution in [2.75, 3.05) is 13.2 Å². The molecule has 164 valence electrons. The second kappa shape index (κ2) is 8.25. The third-order valence-electron chi connectivity index (χ3n) is 5.98. The first-order chi connectivity index (χ1) is 15.5. The quantitative estimate of drug-likeness (QED) is 0.529. The Kier molecular flexibility index (Phi) is 5.28. The molecule has 8 nitrogen and oxygen atoms in total. The maximum absolute atomic E-state index is 15.1. The Morgan fingerprint density at radius 1 is 1.28 bits per heavy atom. The second-order valence-electron chi connectivity index (χ2n) is 8.00. The molecule has 1 saturated heterocycles. The molecule has 0 spiro atoms. The number of ether oxygens (including phenoxy) is 1. The van der Waals surface area contributed by atoms with E-state index in [-0.39, 0.29) is 17.5 Å². The number of hydrogen-bond acceptors (Lipinski definition) is 6. The molecule has 0 radical (unpaired) electrons. The van der Waals surface area contributed by atoms with Crippen LogP contribution in [0.1, 0.15) is 29.2 Å². The van der Waals surface area contributed by atoms with Gasteiger partial charge in [0.2, 0.25) is 0 Å². The van der Waals surface area contributed by atoms with Crippen molar-refractivity contribution < 1.29 is 14.2 Å². The average molecular weight is 435 g/mol. The van der Waals surface area contributed by atoms with E-state index in [4.69, 9.17) is 4.74 Å². The van der Waals surface area contributed by atoms with Crippen molar-refractivity contribution in [3.8, 4) is 5.69 Å². The third-order valence-corrected chi connectivity index (χ3v) is 5.98. The molecule has 1 N–H and O–H groups in total. The summed E-state index contributed by atoms with van der Waals surface area (Å²) in [6.45, 7) is 2.25. The molecule has 2 aromatic heterocycles. The Labute approximate surface area is 182 Å². The summed E-state index contributed by atoms with van der Waals surface area (Å²) in [5.74, 6) is -0.553. The van der Waals surface area contributed by atoms with Crippen LogP contribution in [0.2, 0.25) is 0 Å². The van der Waals surface area contributed by atoms with E-state index in [9.17, 15) is 9.90 Å². The van der Waals surface area contributed by atoms with E-state index in [0.29, 0.717) is 30.6 Å². The van der Waals surface area contributed by atoms with Gasteiger partial charge in [-0.15, -0.1) is 5.10 Å². The number of hydrogen-bond donors (Lipinski definition) is 1. The molecule has 4 aromatic rings. The van der Waals surface area contributed by atoms with Crippen LogP contribution >= 0.6 is 0 Å². The van der Waals surface area contributed by atoms with Gasteiger partial charge in [0.05, 0.1) is 23.8 Å². The van der Waals surface area contributed by atoms with Crippen molar-refractivity contribution in [2.45, 2.75) is 31.9 Å². The first-order valence-electron chi connectivity index (χ1n) is 10.4. The average Bonchev–Trinajstić information content (AvgIpc) is 3.34. The molecule has 0 saturated carbocycles. The van der Waals surface area contributed by atoms with Gasteiger partial charge >= 0.3 is 0 Å². The van der Waals surface area contributed by atoms with Crippen LogP contribution < -0.4 is 5.56 Å². The Hall–Kier alpha value is -3.43. The smallest absolute Gasteiger partial charge is 0.278 e. The Balaban J connectivity index is 1.52. The normalized spacial score (nSPS) is 18.8. The van der Waals surface area contributed by atoms with E-state index < -0.39 is 23.5 Å². The first-order valence-corrected chi connectivity index (χ1v) is 10.4. The minimum Gasteiger partial charge on any atom is -0.391 e. The van der Waals surface area contributed by atoms with E-state index in [2.05, 4.69) is 15.4 Å². The lowest BCUT2D eigenvalue weighted by molar-refractivity contribution is -0.0352. The summed E-state index contributed by atoms with van der Waals surface area (Å²) in [7, 11) is 0. The lowest BCUT2D eigenvalue weighted by atomic mass is 9.98. The summed E-state index contributed by atoms with van der Waals surface area (Å²) >= 11 is 0. The highest BCUT2D eigenvalue weighted by Crippen LogP contribution is 2.24. The number of nitrogens with zero attached hydrogens (tertiary/aromatic N) is 5. The predicted molar refractivity (Wildman–Crippen MR) is 115 cm³/mol. The second-order valence-corrected chi connectivity index (χ2v) is 8.00. The van der Waals surface area contributed by atoms with Gasteiger partial charge in [0, 0.05) is 19.0 Å². The summed E-state index contributed by atoms with van der Waals surface area (Å²) in [4.78, 5) is 13.1. The van der Waals surface area contributed by atoms with Gasteiger partial charge in [0.25, 0.3) is 5.56 Å². The van der Waals surface area contributed by atoms with Crippen molar-refractivity contribution in [3.05, 3.63) is 81.7 Å². The van der Waals surface area contributed by atoms with Gasteiger partial charge in [-0.2, -0.15) is 5.10 Å². The molecule has 0 unspecified atom stereocenters. The van der Waals surface area contributed by atoms with Gasteiger partial charge < -0.3 is 9.84 Å². The molecular formula is C23H22FN5O3. The Bertz CT molecular complexity index is 1320. The van der Waals surface area contributed by atoms with Crippen LogP contribution in [0, 0.1) is 12.7 Å². The fourth-order valence-electron chi connectivity index (χ4n) is 4.06. The molecule has 2 aromatic carbocycles. The molecule has 9 heteroatoms. The zero-order chi connectivity index (χ0) is 22.2.